The molecule has 0 aliphatic carbocycles. The summed E-state index contributed by atoms with van der Waals surface area (Å²) in [6.07, 6.45) is 1.17. The Kier molecular flexibility index (Phi) is 4.45. The fourth-order valence-electron chi connectivity index (χ4n) is 2.13. The minimum Gasteiger partial charge on any atom is -0.298 e. The van der Waals surface area contributed by atoms with E-state index in [1.165, 1.54) is 18.6 Å². The number of hydrogen-bond acceptors (Lipinski definition) is 1. The van der Waals surface area contributed by atoms with Gasteiger partial charge in [-0.05, 0) is 42.6 Å². The van der Waals surface area contributed by atoms with Crippen LogP contribution in [0.15, 0.2) is 18.2 Å². The quantitative estimate of drug-likeness (QED) is 0.742. The second kappa shape index (κ2) is 5.68. The summed E-state index contributed by atoms with van der Waals surface area (Å²) >= 11 is 9.77. The molecule has 0 aromatic heterocycles. The van der Waals surface area contributed by atoms with Crippen LogP contribution in [-0.2, 0) is 6.54 Å². The van der Waals surface area contributed by atoms with E-state index in [4.69, 9.17) is 11.6 Å². The normalized spacial score (nSPS) is 26.1. The average Bonchev–Trinajstić information content (AvgIpc) is 2.29. The predicted octanol–water partition coefficient (Wildman–Crippen LogP) is 4.08. The van der Waals surface area contributed by atoms with Crippen molar-refractivity contribution < 1.29 is 4.39 Å². The van der Waals surface area contributed by atoms with Gasteiger partial charge in [-0.25, -0.2) is 4.39 Å². The first-order valence-corrected chi connectivity index (χ1v) is 7.16. The maximum Gasteiger partial charge on any atom is 0.123 e. The number of nitrogens with zero attached hydrogens (tertiary/aromatic N) is 1. The van der Waals surface area contributed by atoms with Crippen molar-refractivity contribution in [2.45, 2.75) is 24.7 Å². The van der Waals surface area contributed by atoms with Crippen molar-refractivity contribution in [3.05, 3.63) is 34.6 Å². The van der Waals surface area contributed by atoms with E-state index in [9.17, 15) is 4.39 Å². The van der Waals surface area contributed by atoms with Crippen molar-refractivity contribution >= 4 is 27.5 Å². The van der Waals surface area contributed by atoms with E-state index >= 15 is 0 Å². The summed E-state index contributed by atoms with van der Waals surface area (Å²) in [6.45, 7) is 5.03. The SMILES string of the molecule is CC1CCN(Cc2cc(F)ccc2Cl)CC1Br. The molecule has 0 bridgehead atoms. The zero-order valence-corrected chi connectivity index (χ0v) is 12.1. The number of rotatable bonds is 2. The van der Waals surface area contributed by atoms with Gasteiger partial charge >= 0.3 is 0 Å². The van der Waals surface area contributed by atoms with E-state index in [1.807, 2.05) is 0 Å². The number of piperidine rings is 1. The van der Waals surface area contributed by atoms with Crippen LogP contribution in [0, 0.1) is 11.7 Å². The molecule has 1 aliphatic rings. The molecule has 0 spiro atoms. The average molecular weight is 321 g/mol. The van der Waals surface area contributed by atoms with Crippen molar-refractivity contribution in [3.8, 4) is 0 Å². The highest BCUT2D eigenvalue weighted by molar-refractivity contribution is 9.09. The molecule has 1 aromatic carbocycles. The van der Waals surface area contributed by atoms with Crippen LogP contribution in [0.5, 0.6) is 0 Å². The summed E-state index contributed by atoms with van der Waals surface area (Å²) in [5, 5.41) is 0.649. The first kappa shape index (κ1) is 13.3. The molecule has 94 valence electrons. The highest BCUT2D eigenvalue weighted by atomic mass is 79.9. The molecule has 1 nitrogen and oxygen atoms in total. The third-order valence-electron chi connectivity index (χ3n) is 3.35. The van der Waals surface area contributed by atoms with E-state index in [2.05, 4.69) is 27.8 Å². The molecule has 1 aromatic rings. The van der Waals surface area contributed by atoms with Crippen LogP contribution in [-0.4, -0.2) is 22.8 Å². The van der Waals surface area contributed by atoms with Crippen LogP contribution >= 0.6 is 27.5 Å². The molecule has 17 heavy (non-hydrogen) atoms. The lowest BCUT2D eigenvalue weighted by atomic mass is 9.98. The van der Waals surface area contributed by atoms with Gasteiger partial charge in [0.15, 0.2) is 0 Å². The first-order chi connectivity index (χ1) is 8.06. The Balaban J connectivity index is 2.03. The van der Waals surface area contributed by atoms with E-state index < -0.39 is 0 Å². The summed E-state index contributed by atoms with van der Waals surface area (Å²) in [5.74, 6) is 0.486. The molecule has 0 N–H and O–H groups in total. The van der Waals surface area contributed by atoms with Crippen LogP contribution in [0.25, 0.3) is 0 Å². The largest absolute Gasteiger partial charge is 0.298 e. The van der Waals surface area contributed by atoms with Gasteiger partial charge in [-0.3, -0.25) is 4.90 Å². The smallest absolute Gasteiger partial charge is 0.123 e. The molecular formula is C13H16BrClFN. The maximum atomic E-state index is 13.2. The van der Waals surface area contributed by atoms with Crippen LogP contribution in [0.3, 0.4) is 0 Å². The molecule has 0 radical (unpaired) electrons. The van der Waals surface area contributed by atoms with Gasteiger partial charge in [0.05, 0.1) is 0 Å². The van der Waals surface area contributed by atoms with Crippen molar-refractivity contribution in [2.24, 2.45) is 5.92 Å². The highest BCUT2D eigenvalue weighted by Crippen LogP contribution is 2.26. The van der Waals surface area contributed by atoms with Gasteiger partial charge in [-0.15, -0.1) is 0 Å². The fraction of sp³-hybridized carbons (Fsp3) is 0.538. The molecule has 1 saturated heterocycles. The van der Waals surface area contributed by atoms with Gasteiger partial charge in [-0.2, -0.15) is 0 Å². The zero-order valence-electron chi connectivity index (χ0n) is 9.80. The molecule has 1 aliphatic heterocycles. The van der Waals surface area contributed by atoms with Gasteiger partial charge < -0.3 is 0 Å². The number of alkyl halides is 1. The van der Waals surface area contributed by atoms with E-state index in [0.717, 1.165) is 25.2 Å². The van der Waals surface area contributed by atoms with Gasteiger partial charge in [0.2, 0.25) is 0 Å². The van der Waals surface area contributed by atoms with E-state index in [1.54, 1.807) is 6.07 Å². The van der Waals surface area contributed by atoms with Crippen molar-refractivity contribution in [1.29, 1.82) is 0 Å². The lowest BCUT2D eigenvalue weighted by Gasteiger charge is -2.34. The number of halogens is 3. The molecule has 1 fully saturated rings. The molecule has 2 atom stereocenters. The van der Waals surface area contributed by atoms with Crippen LogP contribution in [0.4, 0.5) is 4.39 Å². The van der Waals surface area contributed by atoms with E-state index in [-0.39, 0.29) is 5.82 Å². The fourth-order valence-corrected chi connectivity index (χ4v) is 2.99. The van der Waals surface area contributed by atoms with E-state index in [0.29, 0.717) is 15.8 Å². The molecule has 2 unspecified atom stereocenters. The molecule has 1 heterocycles. The summed E-state index contributed by atoms with van der Waals surface area (Å²) in [7, 11) is 0. The Bertz CT molecular complexity index is 399. The second-order valence-electron chi connectivity index (χ2n) is 4.75. The van der Waals surface area contributed by atoms with Gasteiger partial charge in [0.1, 0.15) is 5.82 Å². The third kappa shape index (κ3) is 3.43. The molecule has 0 saturated carbocycles. The van der Waals surface area contributed by atoms with Crippen LogP contribution in [0.1, 0.15) is 18.9 Å². The zero-order chi connectivity index (χ0) is 12.4. The molecule has 2 rings (SSSR count). The number of benzene rings is 1. The minimum atomic E-state index is -0.217. The molecule has 0 amide bonds. The standard InChI is InChI=1S/C13H16BrClFN/c1-9-4-5-17(8-12(9)14)7-10-6-11(16)2-3-13(10)15/h2-3,6,9,12H,4-5,7-8H2,1H3. The summed E-state index contributed by atoms with van der Waals surface area (Å²) < 4.78 is 13.2. The first-order valence-electron chi connectivity index (χ1n) is 5.86. The van der Waals surface area contributed by atoms with Gasteiger partial charge in [-0.1, -0.05) is 34.5 Å². The summed E-state index contributed by atoms with van der Waals surface area (Å²) in [5.41, 5.74) is 0.876. The topological polar surface area (TPSA) is 3.24 Å². The summed E-state index contributed by atoms with van der Waals surface area (Å²) in [6, 6.07) is 4.56. The highest BCUT2D eigenvalue weighted by Gasteiger charge is 2.24. The summed E-state index contributed by atoms with van der Waals surface area (Å²) in [4.78, 5) is 2.84. The maximum absolute atomic E-state index is 13.2. The monoisotopic (exact) mass is 319 g/mol. The van der Waals surface area contributed by atoms with Crippen molar-refractivity contribution in [2.75, 3.05) is 13.1 Å². The molecule has 4 heteroatoms. The van der Waals surface area contributed by atoms with Crippen molar-refractivity contribution in [3.63, 3.8) is 0 Å². The third-order valence-corrected chi connectivity index (χ3v) is 4.91. The Hall–Kier alpha value is -0.120. The number of likely N-dealkylation sites (tertiary alicyclic amines) is 1. The van der Waals surface area contributed by atoms with Gasteiger partial charge in [0, 0.05) is 22.9 Å². The lowest BCUT2D eigenvalue weighted by Crippen LogP contribution is -2.39. The van der Waals surface area contributed by atoms with Crippen LogP contribution in [0.2, 0.25) is 5.02 Å². The number of hydrogen-bond donors (Lipinski definition) is 0. The van der Waals surface area contributed by atoms with Gasteiger partial charge in [0.25, 0.3) is 0 Å². The Morgan fingerprint density at radius 1 is 1.53 bits per heavy atom. The molecular weight excluding hydrogens is 305 g/mol. The lowest BCUT2D eigenvalue weighted by molar-refractivity contribution is 0.194. The predicted molar refractivity (Wildman–Crippen MR) is 73.2 cm³/mol. The minimum absolute atomic E-state index is 0.217. The second-order valence-corrected chi connectivity index (χ2v) is 6.34. The Morgan fingerprint density at radius 2 is 2.29 bits per heavy atom. The van der Waals surface area contributed by atoms with Crippen LogP contribution < -0.4 is 0 Å². The van der Waals surface area contributed by atoms with Crippen molar-refractivity contribution in [1.82, 2.24) is 4.90 Å². The Morgan fingerprint density at radius 3 is 3.00 bits per heavy atom. The Labute approximate surface area is 115 Å².